The minimum absolute atomic E-state index is 0. The second kappa shape index (κ2) is 6.27. The van der Waals surface area contributed by atoms with Crippen molar-refractivity contribution in [1.82, 2.24) is 9.55 Å². The van der Waals surface area contributed by atoms with Crippen LogP contribution < -0.4 is 5.73 Å². The van der Waals surface area contributed by atoms with Crippen molar-refractivity contribution in [2.75, 3.05) is 6.54 Å². The molecule has 0 unspecified atom stereocenters. The summed E-state index contributed by atoms with van der Waals surface area (Å²) < 4.78 is 2.27. The Bertz CT molecular complexity index is 273. The molecular formula is C9H17Cl2N3. The molecule has 82 valence electrons. The van der Waals surface area contributed by atoms with E-state index in [2.05, 4.69) is 9.55 Å². The molecule has 1 aromatic heterocycles. The van der Waals surface area contributed by atoms with Gasteiger partial charge in [0.1, 0.15) is 0 Å². The van der Waals surface area contributed by atoms with Crippen molar-refractivity contribution in [1.29, 1.82) is 0 Å². The number of imidazole rings is 1. The summed E-state index contributed by atoms with van der Waals surface area (Å²) >= 11 is 0. The Kier molecular flexibility index (Phi) is 6.16. The van der Waals surface area contributed by atoms with E-state index in [-0.39, 0.29) is 24.8 Å². The lowest BCUT2D eigenvalue weighted by molar-refractivity contribution is 0.529. The molecule has 2 N–H and O–H groups in total. The fraction of sp³-hybridized carbons (Fsp3) is 0.667. The molecule has 2 heterocycles. The molecular weight excluding hydrogens is 221 g/mol. The Labute approximate surface area is 96.9 Å². The maximum Gasteiger partial charge on any atom is 0.0951 e. The quantitative estimate of drug-likeness (QED) is 0.849. The summed E-state index contributed by atoms with van der Waals surface area (Å²) in [6, 6.07) is 0. The molecule has 0 atom stereocenters. The molecule has 5 heteroatoms. The van der Waals surface area contributed by atoms with Gasteiger partial charge in [0.05, 0.1) is 12.0 Å². The molecule has 0 radical (unpaired) electrons. The number of nitrogens with two attached hydrogens (primary N) is 1. The molecule has 14 heavy (non-hydrogen) atoms. The number of fused-ring (bicyclic) bond motifs is 1. The molecule has 0 amide bonds. The minimum atomic E-state index is 0. The van der Waals surface area contributed by atoms with Crippen LogP contribution >= 0.6 is 24.8 Å². The monoisotopic (exact) mass is 237 g/mol. The van der Waals surface area contributed by atoms with Gasteiger partial charge in [0.25, 0.3) is 0 Å². The third kappa shape index (κ3) is 2.62. The van der Waals surface area contributed by atoms with Crippen LogP contribution in [0.2, 0.25) is 0 Å². The van der Waals surface area contributed by atoms with Crippen LogP contribution in [-0.2, 0) is 19.4 Å². The van der Waals surface area contributed by atoms with E-state index in [0.29, 0.717) is 6.54 Å². The van der Waals surface area contributed by atoms with Crippen LogP contribution in [0.4, 0.5) is 0 Å². The molecule has 1 aliphatic rings. The van der Waals surface area contributed by atoms with Gasteiger partial charge in [-0.1, -0.05) is 0 Å². The van der Waals surface area contributed by atoms with Crippen molar-refractivity contribution in [3.8, 4) is 0 Å². The lowest BCUT2D eigenvalue weighted by Crippen LogP contribution is -2.12. The minimum Gasteiger partial charge on any atom is -0.334 e. The van der Waals surface area contributed by atoms with Gasteiger partial charge >= 0.3 is 0 Å². The van der Waals surface area contributed by atoms with E-state index in [4.69, 9.17) is 5.73 Å². The van der Waals surface area contributed by atoms with Crippen LogP contribution in [0.5, 0.6) is 0 Å². The Morgan fingerprint density at radius 2 is 2.14 bits per heavy atom. The molecule has 0 bridgehead atoms. The summed E-state index contributed by atoms with van der Waals surface area (Å²) in [6.07, 6.45) is 6.69. The summed E-state index contributed by atoms with van der Waals surface area (Å²) in [5.41, 5.74) is 8.15. The third-order valence-corrected chi connectivity index (χ3v) is 2.48. The van der Waals surface area contributed by atoms with Crippen molar-refractivity contribution in [3.05, 3.63) is 17.7 Å². The first-order valence-corrected chi connectivity index (χ1v) is 4.65. The van der Waals surface area contributed by atoms with Crippen LogP contribution in [0.3, 0.4) is 0 Å². The van der Waals surface area contributed by atoms with Crippen molar-refractivity contribution in [2.24, 2.45) is 5.73 Å². The zero-order valence-corrected chi connectivity index (χ0v) is 9.74. The van der Waals surface area contributed by atoms with Crippen molar-refractivity contribution >= 4 is 24.8 Å². The van der Waals surface area contributed by atoms with Crippen molar-refractivity contribution in [3.63, 3.8) is 0 Å². The fourth-order valence-corrected chi connectivity index (χ4v) is 1.85. The summed E-state index contributed by atoms with van der Waals surface area (Å²) in [5.74, 6) is 0. The fourth-order valence-electron chi connectivity index (χ4n) is 1.85. The van der Waals surface area contributed by atoms with Gasteiger partial charge < -0.3 is 10.3 Å². The van der Waals surface area contributed by atoms with Crippen LogP contribution in [0.15, 0.2) is 6.33 Å². The lowest BCUT2D eigenvalue weighted by Gasteiger charge is -2.14. The number of aryl methyl sites for hydroxylation is 1. The highest BCUT2D eigenvalue weighted by Crippen LogP contribution is 2.17. The highest BCUT2D eigenvalue weighted by Gasteiger charge is 2.13. The normalized spacial score (nSPS) is 13.8. The molecule has 0 saturated carbocycles. The Morgan fingerprint density at radius 3 is 2.86 bits per heavy atom. The Hall–Kier alpha value is -0.250. The number of hydrogen-bond donors (Lipinski definition) is 1. The first-order chi connectivity index (χ1) is 5.92. The molecule has 0 saturated heterocycles. The van der Waals surface area contributed by atoms with Gasteiger partial charge in [0, 0.05) is 18.7 Å². The molecule has 0 spiro atoms. The Balaban J connectivity index is 0.000000845. The smallest absolute Gasteiger partial charge is 0.0951 e. The highest BCUT2D eigenvalue weighted by molar-refractivity contribution is 5.85. The standard InChI is InChI=1S/C9H15N3.2ClH/c10-5-4-8-9-3-1-2-6-12(9)7-11-8;;/h7H,1-6,10H2;2*1H. The summed E-state index contributed by atoms with van der Waals surface area (Å²) in [6.45, 7) is 1.86. The summed E-state index contributed by atoms with van der Waals surface area (Å²) in [7, 11) is 0. The number of halogens is 2. The zero-order chi connectivity index (χ0) is 8.39. The van der Waals surface area contributed by atoms with Crippen LogP contribution in [0, 0.1) is 0 Å². The van der Waals surface area contributed by atoms with Crippen LogP contribution in [0.25, 0.3) is 0 Å². The Morgan fingerprint density at radius 1 is 1.36 bits per heavy atom. The highest BCUT2D eigenvalue weighted by atomic mass is 35.5. The first kappa shape index (κ1) is 13.8. The van der Waals surface area contributed by atoms with E-state index < -0.39 is 0 Å². The second-order valence-electron chi connectivity index (χ2n) is 3.33. The van der Waals surface area contributed by atoms with Gasteiger partial charge in [0.15, 0.2) is 0 Å². The van der Waals surface area contributed by atoms with Gasteiger partial charge in [-0.3, -0.25) is 0 Å². The van der Waals surface area contributed by atoms with E-state index in [1.807, 2.05) is 6.33 Å². The average molecular weight is 238 g/mol. The molecule has 0 aliphatic carbocycles. The van der Waals surface area contributed by atoms with Crippen molar-refractivity contribution < 1.29 is 0 Å². The zero-order valence-electron chi connectivity index (χ0n) is 8.11. The number of nitrogens with zero attached hydrogens (tertiary/aromatic N) is 2. The van der Waals surface area contributed by atoms with E-state index in [0.717, 1.165) is 13.0 Å². The van der Waals surface area contributed by atoms with Gasteiger partial charge in [-0.05, 0) is 25.8 Å². The van der Waals surface area contributed by atoms with Crippen LogP contribution in [0.1, 0.15) is 24.2 Å². The third-order valence-electron chi connectivity index (χ3n) is 2.48. The number of rotatable bonds is 2. The number of hydrogen-bond acceptors (Lipinski definition) is 2. The number of aromatic nitrogens is 2. The molecule has 1 aliphatic heterocycles. The maximum absolute atomic E-state index is 5.50. The first-order valence-electron chi connectivity index (χ1n) is 4.65. The van der Waals surface area contributed by atoms with Gasteiger partial charge in [-0.15, -0.1) is 24.8 Å². The molecule has 3 nitrogen and oxygen atoms in total. The largest absolute Gasteiger partial charge is 0.334 e. The van der Waals surface area contributed by atoms with Gasteiger partial charge in [0.2, 0.25) is 0 Å². The predicted molar refractivity (Wildman–Crippen MR) is 62.4 cm³/mol. The van der Waals surface area contributed by atoms with Crippen molar-refractivity contribution in [2.45, 2.75) is 32.2 Å². The summed E-state index contributed by atoms with van der Waals surface area (Å²) in [4.78, 5) is 4.37. The van der Waals surface area contributed by atoms with E-state index in [9.17, 15) is 0 Å². The van der Waals surface area contributed by atoms with Gasteiger partial charge in [-0.2, -0.15) is 0 Å². The lowest BCUT2D eigenvalue weighted by atomic mass is 10.1. The maximum atomic E-state index is 5.50. The molecule has 0 aromatic carbocycles. The SMILES string of the molecule is Cl.Cl.NCCc1ncn2c1CCCC2. The molecule has 1 aromatic rings. The molecule has 0 fully saturated rings. The molecule has 2 rings (SSSR count). The topological polar surface area (TPSA) is 43.8 Å². The van der Waals surface area contributed by atoms with E-state index in [1.54, 1.807) is 0 Å². The summed E-state index contributed by atoms with van der Waals surface area (Å²) in [5, 5.41) is 0. The predicted octanol–water partition coefficient (Wildman–Crippen LogP) is 1.56. The van der Waals surface area contributed by atoms with E-state index >= 15 is 0 Å². The van der Waals surface area contributed by atoms with Gasteiger partial charge in [-0.25, -0.2) is 4.98 Å². The van der Waals surface area contributed by atoms with E-state index in [1.165, 1.54) is 30.7 Å². The average Bonchev–Trinajstić information content (AvgIpc) is 2.50. The second-order valence-corrected chi connectivity index (χ2v) is 3.33. The van der Waals surface area contributed by atoms with Crippen LogP contribution in [-0.4, -0.2) is 16.1 Å².